The zero-order valence-electron chi connectivity index (χ0n) is 10.1. The van der Waals surface area contributed by atoms with Gasteiger partial charge < -0.3 is 0 Å². The first-order valence-corrected chi connectivity index (χ1v) is 5.40. The van der Waals surface area contributed by atoms with Gasteiger partial charge in [0.2, 0.25) is 0 Å². The summed E-state index contributed by atoms with van der Waals surface area (Å²) in [5.41, 5.74) is 0.934. The number of nitrogens with zero attached hydrogens (tertiary/aromatic N) is 3. The maximum Gasteiger partial charge on any atom is 0.162 e. The summed E-state index contributed by atoms with van der Waals surface area (Å²) < 4.78 is 0. The van der Waals surface area contributed by atoms with Crippen molar-refractivity contribution in [3.8, 4) is 0 Å². The highest BCUT2D eigenvalue weighted by molar-refractivity contribution is 5.95. The third-order valence-electron chi connectivity index (χ3n) is 2.30. The summed E-state index contributed by atoms with van der Waals surface area (Å²) in [7, 11) is 0. The summed E-state index contributed by atoms with van der Waals surface area (Å²) in [6.07, 6.45) is 8.08. The van der Waals surface area contributed by atoms with E-state index in [9.17, 15) is 0 Å². The SMILES string of the molecule is C=CC(CC)=Nc1ncnc(=CC)/c1=C\C. The number of allylic oxidation sites excluding steroid dienone is 1. The number of hydrogen-bond acceptors (Lipinski definition) is 3. The second-order valence-corrected chi connectivity index (χ2v) is 3.23. The molecular formula is C13H17N3. The maximum atomic E-state index is 4.47. The molecule has 1 aromatic rings. The first kappa shape index (κ1) is 12.3. The molecule has 0 aliphatic heterocycles. The number of rotatable bonds is 3. The molecule has 1 rings (SSSR count). The third kappa shape index (κ3) is 2.63. The Morgan fingerprint density at radius 2 is 2.12 bits per heavy atom. The van der Waals surface area contributed by atoms with Gasteiger partial charge in [0.15, 0.2) is 5.82 Å². The van der Waals surface area contributed by atoms with E-state index in [1.165, 1.54) is 6.33 Å². The second kappa shape index (κ2) is 5.95. The smallest absolute Gasteiger partial charge is 0.162 e. The van der Waals surface area contributed by atoms with Crippen LogP contribution in [0.15, 0.2) is 24.0 Å². The Kier molecular flexibility index (Phi) is 4.58. The topological polar surface area (TPSA) is 38.1 Å². The Morgan fingerprint density at radius 1 is 1.38 bits per heavy atom. The third-order valence-corrected chi connectivity index (χ3v) is 2.30. The highest BCUT2D eigenvalue weighted by Crippen LogP contribution is 1.99. The van der Waals surface area contributed by atoms with Gasteiger partial charge in [-0.15, -0.1) is 0 Å². The van der Waals surface area contributed by atoms with Crippen LogP contribution < -0.4 is 10.6 Å². The van der Waals surface area contributed by atoms with Gasteiger partial charge in [-0.05, 0) is 26.3 Å². The molecule has 0 radical (unpaired) electrons. The van der Waals surface area contributed by atoms with Gasteiger partial charge in [-0.3, -0.25) is 0 Å². The lowest BCUT2D eigenvalue weighted by Gasteiger charge is -1.98. The van der Waals surface area contributed by atoms with Crippen LogP contribution in [0.5, 0.6) is 0 Å². The lowest BCUT2D eigenvalue weighted by atomic mass is 10.3. The van der Waals surface area contributed by atoms with E-state index in [4.69, 9.17) is 0 Å². The van der Waals surface area contributed by atoms with Crippen molar-refractivity contribution in [2.24, 2.45) is 4.99 Å². The van der Waals surface area contributed by atoms with Crippen molar-refractivity contribution >= 4 is 23.7 Å². The Morgan fingerprint density at radius 3 is 2.62 bits per heavy atom. The number of aliphatic imine (C=N–C) groups is 1. The molecule has 84 valence electrons. The number of hydrogen-bond donors (Lipinski definition) is 0. The Hall–Kier alpha value is -1.77. The number of aromatic nitrogens is 2. The predicted octanol–water partition coefficient (Wildman–Crippen LogP) is 1.75. The Balaban J connectivity index is 3.48. The van der Waals surface area contributed by atoms with E-state index in [2.05, 4.69) is 21.5 Å². The van der Waals surface area contributed by atoms with Gasteiger partial charge in [-0.1, -0.05) is 25.7 Å². The molecule has 1 heterocycles. The van der Waals surface area contributed by atoms with Crippen LogP contribution in [0.4, 0.5) is 5.82 Å². The van der Waals surface area contributed by atoms with Crippen molar-refractivity contribution in [3.05, 3.63) is 29.6 Å². The highest BCUT2D eigenvalue weighted by atomic mass is 14.9. The van der Waals surface area contributed by atoms with E-state index in [1.54, 1.807) is 6.08 Å². The molecule has 0 saturated heterocycles. The largest absolute Gasteiger partial charge is 0.237 e. The van der Waals surface area contributed by atoms with Crippen LogP contribution in [0.3, 0.4) is 0 Å². The van der Waals surface area contributed by atoms with Crippen LogP contribution in [0.1, 0.15) is 27.2 Å². The quantitative estimate of drug-likeness (QED) is 0.720. The molecule has 0 N–H and O–H groups in total. The minimum atomic E-state index is 0.711. The van der Waals surface area contributed by atoms with Crippen LogP contribution in [0, 0.1) is 0 Å². The van der Waals surface area contributed by atoms with Crippen LogP contribution in [-0.4, -0.2) is 15.7 Å². The summed E-state index contributed by atoms with van der Waals surface area (Å²) >= 11 is 0. The molecule has 16 heavy (non-hydrogen) atoms. The van der Waals surface area contributed by atoms with E-state index >= 15 is 0 Å². The molecule has 3 heteroatoms. The monoisotopic (exact) mass is 215 g/mol. The van der Waals surface area contributed by atoms with Gasteiger partial charge in [0, 0.05) is 10.9 Å². The molecule has 0 bridgehead atoms. The van der Waals surface area contributed by atoms with Gasteiger partial charge in [-0.2, -0.15) is 0 Å². The average molecular weight is 215 g/mol. The molecule has 0 spiro atoms. The lowest BCUT2D eigenvalue weighted by molar-refractivity contribution is 1.08. The molecule has 0 atom stereocenters. The molecular weight excluding hydrogens is 198 g/mol. The second-order valence-electron chi connectivity index (χ2n) is 3.23. The molecule has 3 nitrogen and oxygen atoms in total. The van der Waals surface area contributed by atoms with E-state index < -0.39 is 0 Å². The summed E-state index contributed by atoms with van der Waals surface area (Å²) in [5, 5.41) is 1.88. The fourth-order valence-electron chi connectivity index (χ4n) is 1.40. The van der Waals surface area contributed by atoms with Gasteiger partial charge in [-0.25, -0.2) is 15.0 Å². The molecule has 0 unspecified atom stereocenters. The zero-order valence-corrected chi connectivity index (χ0v) is 10.1. The van der Waals surface area contributed by atoms with Crippen molar-refractivity contribution < 1.29 is 0 Å². The Labute approximate surface area is 96.0 Å². The minimum absolute atomic E-state index is 0.711. The van der Waals surface area contributed by atoms with Crippen molar-refractivity contribution in [2.75, 3.05) is 0 Å². The van der Waals surface area contributed by atoms with E-state index in [0.717, 1.165) is 22.7 Å². The molecule has 0 fully saturated rings. The van der Waals surface area contributed by atoms with Crippen molar-refractivity contribution in [1.82, 2.24) is 9.97 Å². The first-order valence-electron chi connectivity index (χ1n) is 5.40. The van der Waals surface area contributed by atoms with Gasteiger partial charge >= 0.3 is 0 Å². The molecule has 0 aromatic carbocycles. The van der Waals surface area contributed by atoms with Gasteiger partial charge in [0.1, 0.15) is 6.33 Å². The van der Waals surface area contributed by atoms with Crippen LogP contribution in [0.25, 0.3) is 12.2 Å². The minimum Gasteiger partial charge on any atom is -0.237 e. The maximum absolute atomic E-state index is 4.47. The predicted molar refractivity (Wildman–Crippen MR) is 69.1 cm³/mol. The molecule has 0 aliphatic carbocycles. The summed E-state index contributed by atoms with van der Waals surface area (Å²) in [5.74, 6) is 0.711. The normalized spacial score (nSPS) is 14.3. The van der Waals surface area contributed by atoms with Crippen molar-refractivity contribution in [1.29, 1.82) is 0 Å². The standard InChI is InChI=1S/C13H17N3/c1-5-10(6-2)16-13-11(7-3)12(8-4)14-9-15-13/h5,7-9H,1,6H2,2-4H3/b11-7+,12-8?,16-10?. The van der Waals surface area contributed by atoms with E-state index in [-0.39, 0.29) is 0 Å². The molecule has 0 aliphatic rings. The van der Waals surface area contributed by atoms with Crippen LogP contribution >= 0.6 is 0 Å². The molecule has 0 amide bonds. The highest BCUT2D eigenvalue weighted by Gasteiger charge is 1.97. The summed E-state index contributed by atoms with van der Waals surface area (Å²) in [6.45, 7) is 9.70. The molecule has 1 aromatic heterocycles. The first-order chi connectivity index (χ1) is 7.76. The van der Waals surface area contributed by atoms with Crippen LogP contribution in [-0.2, 0) is 0 Å². The van der Waals surface area contributed by atoms with Gasteiger partial charge in [0.25, 0.3) is 0 Å². The van der Waals surface area contributed by atoms with Crippen LogP contribution in [0.2, 0.25) is 0 Å². The lowest BCUT2D eigenvalue weighted by Crippen LogP contribution is -2.28. The zero-order chi connectivity index (χ0) is 12.0. The van der Waals surface area contributed by atoms with Gasteiger partial charge in [0.05, 0.1) is 5.35 Å². The Bertz CT molecular complexity index is 512. The average Bonchev–Trinajstić information content (AvgIpc) is 2.35. The summed E-state index contributed by atoms with van der Waals surface area (Å²) in [4.78, 5) is 12.9. The molecule has 0 saturated carbocycles. The summed E-state index contributed by atoms with van der Waals surface area (Å²) in [6, 6.07) is 0. The van der Waals surface area contributed by atoms with E-state index in [1.807, 2.05) is 32.9 Å². The van der Waals surface area contributed by atoms with Crippen molar-refractivity contribution in [2.45, 2.75) is 27.2 Å². The fourth-order valence-corrected chi connectivity index (χ4v) is 1.40. The van der Waals surface area contributed by atoms with Crippen molar-refractivity contribution in [3.63, 3.8) is 0 Å². The fraction of sp³-hybridized carbons (Fsp3) is 0.308. The van der Waals surface area contributed by atoms with E-state index in [0.29, 0.717) is 5.82 Å².